The van der Waals surface area contributed by atoms with Crippen molar-refractivity contribution in [3.05, 3.63) is 42.2 Å². The maximum atomic E-state index is 5.62. The second-order valence-electron chi connectivity index (χ2n) is 4.34. The molecule has 2 aromatic rings. The van der Waals surface area contributed by atoms with Crippen molar-refractivity contribution < 1.29 is 0 Å². The molecule has 0 fully saturated rings. The van der Waals surface area contributed by atoms with Crippen LogP contribution in [0.25, 0.3) is 10.8 Å². The minimum atomic E-state index is 0.138. The molecule has 3 nitrogen and oxygen atoms in total. The van der Waals surface area contributed by atoms with E-state index in [4.69, 9.17) is 5.84 Å². The van der Waals surface area contributed by atoms with E-state index < -0.39 is 0 Å². The van der Waals surface area contributed by atoms with Crippen molar-refractivity contribution >= 4 is 10.8 Å². The van der Waals surface area contributed by atoms with Gasteiger partial charge in [0.25, 0.3) is 0 Å². The average molecular weight is 215 g/mol. The number of nitrogens with one attached hydrogen (secondary N) is 1. The molecule has 0 saturated carbocycles. The zero-order valence-electron chi connectivity index (χ0n) is 9.64. The summed E-state index contributed by atoms with van der Waals surface area (Å²) in [6.07, 6.45) is 3.78. The van der Waals surface area contributed by atoms with Crippen LogP contribution in [0.1, 0.15) is 25.5 Å². The number of hydrogen-bond donors (Lipinski definition) is 2. The molecule has 0 spiro atoms. The highest BCUT2D eigenvalue weighted by Gasteiger charge is 2.16. The second kappa shape index (κ2) is 4.60. The highest BCUT2D eigenvalue weighted by molar-refractivity contribution is 5.85. The second-order valence-corrected chi connectivity index (χ2v) is 4.34. The molecular weight excluding hydrogens is 198 g/mol. The Hall–Kier alpha value is -1.45. The van der Waals surface area contributed by atoms with E-state index in [9.17, 15) is 0 Å². The third-order valence-corrected chi connectivity index (χ3v) is 2.88. The summed E-state index contributed by atoms with van der Waals surface area (Å²) in [4.78, 5) is 4.27. The van der Waals surface area contributed by atoms with E-state index in [1.165, 1.54) is 5.39 Å². The Kier molecular flexibility index (Phi) is 3.17. The monoisotopic (exact) mass is 215 g/mol. The highest BCUT2D eigenvalue weighted by atomic mass is 15.2. The van der Waals surface area contributed by atoms with Crippen LogP contribution in [0.4, 0.5) is 0 Å². The van der Waals surface area contributed by atoms with Crippen molar-refractivity contribution in [3.8, 4) is 0 Å². The van der Waals surface area contributed by atoms with Gasteiger partial charge in [-0.2, -0.15) is 0 Å². The molecule has 16 heavy (non-hydrogen) atoms. The number of hydrazine groups is 1. The minimum Gasteiger partial charge on any atom is -0.271 e. The fourth-order valence-electron chi connectivity index (χ4n) is 2.03. The van der Waals surface area contributed by atoms with Gasteiger partial charge in [-0.05, 0) is 16.9 Å². The molecule has 84 valence electrons. The van der Waals surface area contributed by atoms with E-state index in [1.807, 2.05) is 24.5 Å². The van der Waals surface area contributed by atoms with Gasteiger partial charge in [-0.3, -0.25) is 16.3 Å². The molecular formula is C13H17N3. The molecule has 0 aliphatic heterocycles. The van der Waals surface area contributed by atoms with E-state index in [0.717, 1.165) is 10.9 Å². The van der Waals surface area contributed by atoms with Crippen LogP contribution in [0, 0.1) is 5.92 Å². The minimum absolute atomic E-state index is 0.138. The van der Waals surface area contributed by atoms with Gasteiger partial charge in [0.1, 0.15) is 0 Å². The average Bonchev–Trinajstić information content (AvgIpc) is 2.30. The first-order valence-corrected chi connectivity index (χ1v) is 5.53. The fraction of sp³-hybridized carbons (Fsp3) is 0.308. The Morgan fingerprint density at radius 1 is 1.19 bits per heavy atom. The van der Waals surface area contributed by atoms with Crippen LogP contribution in [-0.2, 0) is 0 Å². The molecule has 1 aromatic heterocycles. The lowest BCUT2D eigenvalue weighted by Crippen LogP contribution is -2.31. The molecule has 1 aromatic carbocycles. The van der Waals surface area contributed by atoms with E-state index in [-0.39, 0.29) is 6.04 Å². The third-order valence-electron chi connectivity index (χ3n) is 2.88. The number of aromatic nitrogens is 1. The Morgan fingerprint density at radius 3 is 2.62 bits per heavy atom. The molecule has 0 bridgehead atoms. The number of pyridine rings is 1. The number of nitrogens with zero attached hydrogens (tertiary/aromatic N) is 1. The highest BCUT2D eigenvalue weighted by Crippen LogP contribution is 2.27. The van der Waals surface area contributed by atoms with E-state index in [2.05, 4.69) is 36.4 Å². The van der Waals surface area contributed by atoms with Crippen LogP contribution in [-0.4, -0.2) is 4.98 Å². The first kappa shape index (κ1) is 11.0. The van der Waals surface area contributed by atoms with E-state index in [0.29, 0.717) is 5.92 Å². The van der Waals surface area contributed by atoms with Crippen LogP contribution in [0.15, 0.2) is 36.7 Å². The van der Waals surface area contributed by atoms with Gasteiger partial charge < -0.3 is 0 Å². The Labute approximate surface area is 95.7 Å². The zero-order valence-corrected chi connectivity index (χ0v) is 9.64. The van der Waals surface area contributed by atoms with Crippen molar-refractivity contribution in [1.82, 2.24) is 10.4 Å². The van der Waals surface area contributed by atoms with E-state index in [1.54, 1.807) is 0 Å². The lowest BCUT2D eigenvalue weighted by Gasteiger charge is -2.21. The summed E-state index contributed by atoms with van der Waals surface area (Å²) in [5.41, 5.74) is 4.03. The molecule has 0 amide bonds. The predicted octanol–water partition coefficient (Wildman–Crippen LogP) is 2.40. The number of nitrogens with two attached hydrogens (primary N) is 1. The fourth-order valence-corrected chi connectivity index (χ4v) is 2.03. The van der Waals surface area contributed by atoms with E-state index >= 15 is 0 Å². The van der Waals surface area contributed by atoms with Crippen molar-refractivity contribution in [3.63, 3.8) is 0 Å². The molecule has 1 unspecified atom stereocenters. The van der Waals surface area contributed by atoms with Gasteiger partial charge in [0, 0.05) is 17.8 Å². The number of rotatable bonds is 3. The van der Waals surface area contributed by atoms with Gasteiger partial charge >= 0.3 is 0 Å². The van der Waals surface area contributed by atoms with Crippen molar-refractivity contribution in [1.29, 1.82) is 0 Å². The molecule has 3 N–H and O–H groups in total. The third kappa shape index (κ3) is 1.92. The summed E-state index contributed by atoms with van der Waals surface area (Å²) in [7, 11) is 0. The molecule has 3 heteroatoms. The van der Waals surface area contributed by atoms with Gasteiger partial charge in [-0.25, -0.2) is 0 Å². The summed E-state index contributed by atoms with van der Waals surface area (Å²) < 4.78 is 0. The number of fused-ring (bicyclic) bond motifs is 1. The SMILES string of the molecule is CC(C)C(NN)c1cncc2ccccc12. The lowest BCUT2D eigenvalue weighted by molar-refractivity contribution is 0.423. The number of benzene rings is 1. The van der Waals surface area contributed by atoms with Crippen LogP contribution in [0.2, 0.25) is 0 Å². The predicted molar refractivity (Wildman–Crippen MR) is 66.6 cm³/mol. The van der Waals surface area contributed by atoms with Crippen molar-refractivity contribution in [2.45, 2.75) is 19.9 Å². The Balaban J connectivity index is 2.59. The molecule has 0 saturated heterocycles. The molecule has 1 heterocycles. The smallest absolute Gasteiger partial charge is 0.0504 e. The van der Waals surface area contributed by atoms with Crippen LogP contribution in [0.3, 0.4) is 0 Å². The Bertz CT molecular complexity index is 474. The molecule has 0 radical (unpaired) electrons. The lowest BCUT2D eigenvalue weighted by atomic mass is 9.94. The first-order chi connectivity index (χ1) is 7.74. The topological polar surface area (TPSA) is 50.9 Å². The normalized spacial score (nSPS) is 13.2. The summed E-state index contributed by atoms with van der Waals surface area (Å²) >= 11 is 0. The van der Waals surface area contributed by atoms with Gasteiger partial charge in [0.15, 0.2) is 0 Å². The molecule has 1 atom stereocenters. The Morgan fingerprint density at radius 2 is 1.94 bits per heavy atom. The van der Waals surface area contributed by atoms with Crippen molar-refractivity contribution in [2.24, 2.45) is 11.8 Å². The maximum Gasteiger partial charge on any atom is 0.0504 e. The zero-order chi connectivity index (χ0) is 11.5. The quantitative estimate of drug-likeness (QED) is 0.610. The summed E-state index contributed by atoms with van der Waals surface area (Å²) in [5.74, 6) is 6.05. The number of hydrogen-bond acceptors (Lipinski definition) is 3. The van der Waals surface area contributed by atoms with Crippen molar-refractivity contribution in [2.75, 3.05) is 0 Å². The van der Waals surface area contributed by atoms with Crippen LogP contribution in [0.5, 0.6) is 0 Å². The summed E-state index contributed by atoms with van der Waals surface area (Å²) in [6, 6.07) is 8.38. The maximum absolute atomic E-state index is 5.62. The molecule has 2 rings (SSSR count). The van der Waals surface area contributed by atoms with Gasteiger partial charge in [0.2, 0.25) is 0 Å². The summed E-state index contributed by atoms with van der Waals surface area (Å²) in [5, 5.41) is 2.37. The van der Waals surface area contributed by atoms with Crippen LogP contribution >= 0.6 is 0 Å². The molecule has 0 aliphatic carbocycles. The van der Waals surface area contributed by atoms with Gasteiger partial charge in [-0.15, -0.1) is 0 Å². The molecule has 0 aliphatic rings. The first-order valence-electron chi connectivity index (χ1n) is 5.53. The van der Waals surface area contributed by atoms with Crippen LogP contribution < -0.4 is 11.3 Å². The summed E-state index contributed by atoms with van der Waals surface area (Å²) in [6.45, 7) is 4.29. The van der Waals surface area contributed by atoms with Gasteiger partial charge in [0.05, 0.1) is 6.04 Å². The standard InChI is InChI=1S/C13H17N3/c1-9(2)13(16-14)12-8-15-7-10-5-3-4-6-11(10)12/h3-9,13,16H,14H2,1-2H3. The van der Waals surface area contributed by atoms with Gasteiger partial charge in [-0.1, -0.05) is 38.1 Å². The largest absolute Gasteiger partial charge is 0.271 e.